The first-order valence-corrected chi connectivity index (χ1v) is 10.2. The fourth-order valence-electron chi connectivity index (χ4n) is 4.10. The van der Waals surface area contributed by atoms with Crippen molar-refractivity contribution in [3.8, 4) is 0 Å². The first kappa shape index (κ1) is 18.0. The zero-order valence-corrected chi connectivity index (χ0v) is 15.8. The molecule has 2 saturated carbocycles. The van der Waals surface area contributed by atoms with Crippen molar-refractivity contribution < 1.29 is 4.79 Å². The van der Waals surface area contributed by atoms with Gasteiger partial charge in [0.2, 0.25) is 0 Å². The summed E-state index contributed by atoms with van der Waals surface area (Å²) in [4.78, 5) is 19.3. The summed E-state index contributed by atoms with van der Waals surface area (Å²) in [6.07, 6.45) is 12.0. The van der Waals surface area contributed by atoms with Crippen molar-refractivity contribution in [2.45, 2.75) is 75.9 Å². The van der Waals surface area contributed by atoms with Crippen LogP contribution in [0.25, 0.3) is 0 Å². The predicted molar refractivity (Wildman–Crippen MR) is 100.0 cm³/mol. The number of amides is 2. The zero-order chi connectivity index (χ0) is 16.9. The van der Waals surface area contributed by atoms with Crippen LogP contribution in [0.15, 0.2) is 6.20 Å². The van der Waals surface area contributed by atoms with Gasteiger partial charge in [0.15, 0.2) is 5.13 Å². The Hall–Kier alpha value is -0.850. The third-order valence-electron chi connectivity index (χ3n) is 5.39. The Labute approximate surface area is 153 Å². The van der Waals surface area contributed by atoms with Gasteiger partial charge < -0.3 is 10.2 Å². The lowest BCUT2D eigenvalue weighted by molar-refractivity contribution is 0.108. The average Bonchev–Trinajstić information content (AvgIpc) is 3.01. The molecule has 0 bridgehead atoms. The number of thiazole rings is 1. The largest absolute Gasteiger partial charge is 0.324 e. The molecule has 0 unspecified atom stereocenters. The van der Waals surface area contributed by atoms with E-state index in [0.29, 0.717) is 27.6 Å². The first-order valence-electron chi connectivity index (χ1n) is 9.05. The molecule has 2 N–H and O–H groups in total. The molecule has 0 atom stereocenters. The standard InChI is InChI=1S/C17H27ClN4OS/c1-19-12-7-9-14(10-8-12)22(13-5-3-2-4-6-13)17(23)21-16-20-11-15(18)24-16/h11-14,19H,2-10H2,1H3,(H,20,21,23). The van der Waals surface area contributed by atoms with E-state index in [1.807, 2.05) is 7.05 Å². The second-order valence-electron chi connectivity index (χ2n) is 6.89. The fraction of sp³-hybridized carbons (Fsp3) is 0.765. The van der Waals surface area contributed by atoms with Crippen molar-refractivity contribution in [2.24, 2.45) is 0 Å². The summed E-state index contributed by atoms with van der Waals surface area (Å²) in [7, 11) is 2.03. The molecule has 0 spiro atoms. The number of urea groups is 1. The Bertz CT molecular complexity index is 538. The quantitative estimate of drug-likeness (QED) is 0.820. The van der Waals surface area contributed by atoms with Crippen molar-refractivity contribution in [3.05, 3.63) is 10.5 Å². The van der Waals surface area contributed by atoms with E-state index >= 15 is 0 Å². The number of rotatable bonds is 4. The van der Waals surface area contributed by atoms with E-state index in [0.717, 1.165) is 38.5 Å². The minimum Gasteiger partial charge on any atom is -0.319 e. The number of hydrogen-bond donors (Lipinski definition) is 2. The summed E-state index contributed by atoms with van der Waals surface area (Å²) < 4.78 is 0.601. The van der Waals surface area contributed by atoms with Gasteiger partial charge in [0.25, 0.3) is 0 Å². The molecule has 7 heteroatoms. The highest BCUT2D eigenvalue weighted by atomic mass is 35.5. The highest BCUT2D eigenvalue weighted by Crippen LogP contribution is 2.31. The van der Waals surface area contributed by atoms with E-state index in [1.54, 1.807) is 6.20 Å². The normalized spacial score (nSPS) is 25.4. The van der Waals surface area contributed by atoms with Gasteiger partial charge in [-0.3, -0.25) is 5.32 Å². The van der Waals surface area contributed by atoms with Crippen molar-refractivity contribution in [3.63, 3.8) is 0 Å². The van der Waals surface area contributed by atoms with E-state index in [-0.39, 0.29) is 6.03 Å². The molecule has 0 saturated heterocycles. The van der Waals surface area contributed by atoms with Gasteiger partial charge in [0, 0.05) is 18.1 Å². The number of nitrogens with one attached hydrogen (secondary N) is 2. The summed E-state index contributed by atoms with van der Waals surface area (Å²) in [6.45, 7) is 0. The van der Waals surface area contributed by atoms with Crippen LogP contribution in [-0.2, 0) is 0 Å². The molecular weight excluding hydrogens is 344 g/mol. The number of aromatic nitrogens is 1. The predicted octanol–water partition coefficient (Wildman–Crippen LogP) is 4.49. The van der Waals surface area contributed by atoms with Crippen LogP contribution in [-0.4, -0.2) is 41.1 Å². The molecule has 3 rings (SSSR count). The molecule has 2 amide bonds. The van der Waals surface area contributed by atoms with Crippen LogP contribution < -0.4 is 10.6 Å². The molecular formula is C17H27ClN4OS. The molecule has 2 aliphatic carbocycles. The smallest absolute Gasteiger partial charge is 0.319 e. The van der Waals surface area contributed by atoms with Crippen LogP contribution in [0.4, 0.5) is 9.93 Å². The number of nitrogens with zero attached hydrogens (tertiary/aromatic N) is 2. The van der Waals surface area contributed by atoms with Crippen LogP contribution in [0.2, 0.25) is 4.34 Å². The summed E-state index contributed by atoms with van der Waals surface area (Å²) in [5.74, 6) is 0. The van der Waals surface area contributed by atoms with Crippen molar-refractivity contribution in [1.82, 2.24) is 15.2 Å². The number of carbonyl (C=O) groups is 1. The van der Waals surface area contributed by atoms with Gasteiger partial charge in [0.1, 0.15) is 4.34 Å². The van der Waals surface area contributed by atoms with E-state index in [1.165, 1.54) is 30.6 Å². The molecule has 1 aromatic heterocycles. The topological polar surface area (TPSA) is 57.3 Å². The van der Waals surface area contributed by atoms with E-state index < -0.39 is 0 Å². The van der Waals surface area contributed by atoms with Crippen molar-refractivity contribution in [1.29, 1.82) is 0 Å². The first-order chi connectivity index (χ1) is 11.7. The molecule has 2 aliphatic rings. The molecule has 0 aliphatic heterocycles. The molecule has 0 radical (unpaired) electrons. The van der Waals surface area contributed by atoms with Gasteiger partial charge in [0.05, 0.1) is 6.20 Å². The summed E-state index contributed by atoms with van der Waals surface area (Å²) >= 11 is 7.25. The molecule has 0 aromatic carbocycles. The van der Waals surface area contributed by atoms with Gasteiger partial charge >= 0.3 is 6.03 Å². The van der Waals surface area contributed by atoms with Gasteiger partial charge in [-0.1, -0.05) is 42.2 Å². The van der Waals surface area contributed by atoms with Crippen molar-refractivity contribution >= 4 is 34.1 Å². The molecule has 5 nitrogen and oxygen atoms in total. The summed E-state index contributed by atoms with van der Waals surface area (Å²) in [5, 5.41) is 6.94. The maximum Gasteiger partial charge on any atom is 0.324 e. The number of anilines is 1. The summed E-state index contributed by atoms with van der Waals surface area (Å²) in [6, 6.07) is 1.30. The minimum atomic E-state index is 0.000763. The number of hydrogen-bond acceptors (Lipinski definition) is 4. The Morgan fingerprint density at radius 2 is 1.83 bits per heavy atom. The monoisotopic (exact) mass is 370 g/mol. The lowest BCUT2D eigenvalue weighted by Gasteiger charge is -2.42. The Morgan fingerprint density at radius 1 is 1.17 bits per heavy atom. The summed E-state index contributed by atoms with van der Waals surface area (Å²) in [5.41, 5.74) is 0. The van der Waals surface area contributed by atoms with Crippen molar-refractivity contribution in [2.75, 3.05) is 12.4 Å². The second-order valence-corrected chi connectivity index (χ2v) is 8.55. The lowest BCUT2D eigenvalue weighted by atomic mass is 9.87. The van der Waals surface area contributed by atoms with Gasteiger partial charge in [-0.2, -0.15) is 0 Å². The maximum atomic E-state index is 13.0. The molecule has 24 heavy (non-hydrogen) atoms. The third-order valence-corrected chi connectivity index (χ3v) is 6.42. The maximum absolute atomic E-state index is 13.0. The number of halogens is 1. The Morgan fingerprint density at radius 3 is 2.42 bits per heavy atom. The molecule has 134 valence electrons. The van der Waals surface area contributed by atoms with E-state index in [4.69, 9.17) is 11.6 Å². The lowest BCUT2D eigenvalue weighted by Crippen LogP contribution is -2.52. The van der Waals surface area contributed by atoms with Crippen LogP contribution in [0.1, 0.15) is 57.8 Å². The molecule has 2 fully saturated rings. The third kappa shape index (κ3) is 4.41. The Balaban J connectivity index is 1.70. The SMILES string of the molecule is CNC1CCC(N(C(=O)Nc2ncc(Cl)s2)C2CCCCC2)CC1. The van der Waals surface area contributed by atoms with Crippen LogP contribution in [0.5, 0.6) is 0 Å². The van der Waals surface area contributed by atoms with Crippen LogP contribution in [0.3, 0.4) is 0 Å². The highest BCUT2D eigenvalue weighted by molar-refractivity contribution is 7.19. The fourth-order valence-corrected chi connectivity index (χ4v) is 4.90. The van der Waals surface area contributed by atoms with E-state index in [9.17, 15) is 4.79 Å². The zero-order valence-electron chi connectivity index (χ0n) is 14.3. The second kappa shape index (κ2) is 8.50. The van der Waals surface area contributed by atoms with Gasteiger partial charge in [-0.05, 0) is 45.6 Å². The number of carbonyl (C=O) groups excluding carboxylic acids is 1. The van der Waals surface area contributed by atoms with E-state index in [2.05, 4.69) is 20.5 Å². The Kier molecular flexibility index (Phi) is 6.36. The van der Waals surface area contributed by atoms with Crippen LogP contribution in [0, 0.1) is 0 Å². The molecule has 1 aromatic rings. The van der Waals surface area contributed by atoms with Crippen LogP contribution >= 0.6 is 22.9 Å². The average molecular weight is 371 g/mol. The highest BCUT2D eigenvalue weighted by Gasteiger charge is 2.34. The van der Waals surface area contributed by atoms with Gasteiger partial charge in [-0.25, -0.2) is 9.78 Å². The van der Waals surface area contributed by atoms with Gasteiger partial charge in [-0.15, -0.1) is 0 Å². The minimum absolute atomic E-state index is 0.000763. The molecule has 1 heterocycles.